The van der Waals surface area contributed by atoms with Gasteiger partial charge in [0.1, 0.15) is 5.75 Å². The Morgan fingerprint density at radius 1 is 1.25 bits per heavy atom. The van der Waals surface area contributed by atoms with Crippen molar-refractivity contribution in [1.29, 1.82) is 0 Å². The monoisotopic (exact) mass is 404 g/mol. The smallest absolute Gasteiger partial charge is 0.389 e. The molecule has 156 valence electrons. The van der Waals surface area contributed by atoms with Gasteiger partial charge in [-0.05, 0) is 20.5 Å². The van der Waals surface area contributed by atoms with E-state index in [1.54, 1.807) is 7.05 Å². The average Bonchev–Trinajstić information content (AvgIpc) is 2.62. The molecule has 0 fully saturated rings. The third kappa shape index (κ3) is 4.47. The molecule has 28 heavy (non-hydrogen) atoms. The largest absolute Gasteiger partial charge is 0.448 e. The summed E-state index contributed by atoms with van der Waals surface area (Å²) in [6.07, 6.45) is -5.67. The first-order chi connectivity index (χ1) is 13.1. The van der Waals surface area contributed by atoms with Gasteiger partial charge in [0.2, 0.25) is 0 Å². The molecule has 1 aromatic carbocycles. The zero-order valence-electron chi connectivity index (χ0n) is 16.0. The number of rotatable bonds is 7. The number of carbonyl (C=O) groups excluding carboxylic acids is 2. The summed E-state index contributed by atoms with van der Waals surface area (Å²) in [5.74, 6) is -2.47. The second kappa shape index (κ2) is 8.23. The summed E-state index contributed by atoms with van der Waals surface area (Å²) < 4.78 is 48.7. The molecule has 0 saturated heterocycles. The van der Waals surface area contributed by atoms with Crippen molar-refractivity contribution in [2.45, 2.75) is 31.8 Å². The molecule has 1 amide bonds. The van der Waals surface area contributed by atoms with Crippen molar-refractivity contribution < 1.29 is 32.2 Å². The molecule has 0 atom stereocenters. The number of amides is 1. The van der Waals surface area contributed by atoms with E-state index in [2.05, 4.69) is 16.0 Å². The van der Waals surface area contributed by atoms with Crippen LogP contribution < -0.4 is 30.3 Å². The Morgan fingerprint density at radius 2 is 1.89 bits per heavy atom. The predicted octanol–water partition coefficient (Wildman–Crippen LogP) is 1.81. The third-order valence-electron chi connectivity index (χ3n) is 4.23. The summed E-state index contributed by atoms with van der Waals surface area (Å²) in [4.78, 5) is 25.5. The minimum atomic E-state index is -4.33. The van der Waals surface area contributed by atoms with Gasteiger partial charge in [0.25, 0.3) is 5.85 Å². The lowest BCUT2D eigenvalue weighted by molar-refractivity contribution is -0.143. The Hall–Kier alpha value is -2.53. The molecule has 0 aliphatic carbocycles. The number of fused-ring (bicyclic) bond motifs is 1. The average molecular weight is 404 g/mol. The maximum absolute atomic E-state index is 13.0. The van der Waals surface area contributed by atoms with Crippen LogP contribution in [-0.2, 0) is 9.59 Å². The van der Waals surface area contributed by atoms with Gasteiger partial charge in [0.15, 0.2) is 5.75 Å². The number of likely N-dealkylation sites (N-methyl/N-ethyl adjacent to an activating group) is 2. The molecule has 0 radical (unpaired) electrons. The van der Waals surface area contributed by atoms with E-state index in [1.165, 1.54) is 38.1 Å². The van der Waals surface area contributed by atoms with Crippen molar-refractivity contribution >= 4 is 23.3 Å². The molecule has 3 N–H and O–H groups in total. The number of hydrogen-bond donors (Lipinski definition) is 3. The standard InChI is InChI=1S/C17H23F3N4O4/c1-10(25)27-13-9-12-14(8-11(13)21-2)28-17(22-3,23-4)15(26)24(12)7-5-6-16(18,19)20/h8-9,21-23H,5-7H2,1-4H3. The van der Waals surface area contributed by atoms with Crippen LogP contribution >= 0.6 is 0 Å². The first kappa shape index (κ1) is 21.8. The van der Waals surface area contributed by atoms with Gasteiger partial charge in [-0.1, -0.05) is 0 Å². The number of carbonyl (C=O) groups is 2. The van der Waals surface area contributed by atoms with Crippen molar-refractivity contribution in [3.8, 4) is 11.5 Å². The van der Waals surface area contributed by atoms with Crippen LogP contribution in [0.2, 0.25) is 0 Å². The Kier molecular flexibility index (Phi) is 6.40. The van der Waals surface area contributed by atoms with Crippen molar-refractivity contribution in [1.82, 2.24) is 10.6 Å². The summed E-state index contributed by atoms with van der Waals surface area (Å²) >= 11 is 0. The molecule has 1 aliphatic rings. The van der Waals surface area contributed by atoms with Gasteiger partial charge in [-0.15, -0.1) is 0 Å². The zero-order chi connectivity index (χ0) is 21.1. The van der Waals surface area contributed by atoms with Crippen molar-refractivity contribution in [2.24, 2.45) is 0 Å². The fraction of sp³-hybridized carbons (Fsp3) is 0.529. The molecule has 2 rings (SSSR count). The Bertz CT molecular complexity index is 751. The van der Waals surface area contributed by atoms with E-state index in [9.17, 15) is 22.8 Å². The van der Waals surface area contributed by atoms with Gasteiger partial charge >= 0.3 is 18.1 Å². The molecule has 1 aromatic rings. The fourth-order valence-electron chi connectivity index (χ4n) is 2.89. The van der Waals surface area contributed by atoms with Gasteiger partial charge in [-0.2, -0.15) is 13.2 Å². The molecular formula is C17H23F3N4O4. The molecule has 11 heteroatoms. The number of ether oxygens (including phenoxy) is 2. The van der Waals surface area contributed by atoms with E-state index in [0.29, 0.717) is 5.69 Å². The lowest BCUT2D eigenvalue weighted by Gasteiger charge is -2.42. The van der Waals surface area contributed by atoms with Crippen LogP contribution in [0.1, 0.15) is 19.8 Å². The van der Waals surface area contributed by atoms with Gasteiger partial charge in [0, 0.05) is 39.1 Å². The van der Waals surface area contributed by atoms with Crippen LogP contribution in [0.3, 0.4) is 0 Å². The summed E-state index contributed by atoms with van der Waals surface area (Å²) in [6.45, 7) is 1.02. The normalized spacial score (nSPS) is 15.7. The maximum atomic E-state index is 13.0. The molecule has 0 bridgehead atoms. The minimum Gasteiger partial charge on any atom is -0.448 e. The van der Waals surface area contributed by atoms with Crippen LogP contribution in [0, 0.1) is 0 Å². The quantitative estimate of drug-likeness (QED) is 0.363. The Morgan fingerprint density at radius 3 is 2.39 bits per heavy atom. The second-order valence-corrected chi connectivity index (χ2v) is 6.12. The topological polar surface area (TPSA) is 91.9 Å². The first-order valence-corrected chi connectivity index (χ1v) is 8.56. The number of nitrogens with zero attached hydrogens (tertiary/aromatic N) is 1. The zero-order valence-corrected chi connectivity index (χ0v) is 16.0. The van der Waals surface area contributed by atoms with E-state index in [1.807, 2.05) is 0 Å². The van der Waals surface area contributed by atoms with Crippen LogP contribution in [-0.4, -0.2) is 51.6 Å². The molecule has 8 nitrogen and oxygen atoms in total. The Labute approximate surface area is 160 Å². The Balaban J connectivity index is 2.50. The highest BCUT2D eigenvalue weighted by atomic mass is 19.4. The van der Waals surface area contributed by atoms with E-state index < -0.39 is 30.3 Å². The summed E-state index contributed by atoms with van der Waals surface area (Å²) in [5.41, 5.74) is 0.628. The highest BCUT2D eigenvalue weighted by Crippen LogP contribution is 2.43. The molecule has 0 unspecified atom stereocenters. The van der Waals surface area contributed by atoms with E-state index in [-0.39, 0.29) is 30.2 Å². The highest BCUT2D eigenvalue weighted by Gasteiger charge is 2.47. The molecule has 0 saturated carbocycles. The van der Waals surface area contributed by atoms with Gasteiger partial charge < -0.3 is 19.7 Å². The number of esters is 1. The highest BCUT2D eigenvalue weighted by molar-refractivity contribution is 6.03. The molecule has 1 heterocycles. The number of halogens is 3. The lowest BCUT2D eigenvalue weighted by atomic mass is 10.1. The predicted molar refractivity (Wildman–Crippen MR) is 96.4 cm³/mol. The fourth-order valence-corrected chi connectivity index (χ4v) is 2.89. The van der Waals surface area contributed by atoms with Gasteiger partial charge in [-0.3, -0.25) is 20.2 Å². The molecule has 0 spiro atoms. The number of alkyl halides is 3. The number of anilines is 2. The molecular weight excluding hydrogens is 381 g/mol. The lowest BCUT2D eigenvalue weighted by Crippen LogP contribution is -2.70. The summed E-state index contributed by atoms with van der Waals surface area (Å²) in [5, 5.41) is 8.31. The number of benzene rings is 1. The van der Waals surface area contributed by atoms with Crippen LogP contribution in [0.15, 0.2) is 12.1 Å². The van der Waals surface area contributed by atoms with Gasteiger partial charge in [-0.25, -0.2) is 0 Å². The van der Waals surface area contributed by atoms with Crippen LogP contribution in [0.25, 0.3) is 0 Å². The van der Waals surface area contributed by atoms with E-state index in [0.717, 1.165) is 0 Å². The van der Waals surface area contributed by atoms with Crippen LogP contribution in [0.4, 0.5) is 24.5 Å². The van der Waals surface area contributed by atoms with E-state index in [4.69, 9.17) is 9.47 Å². The second-order valence-electron chi connectivity index (χ2n) is 6.12. The van der Waals surface area contributed by atoms with Crippen LogP contribution in [0.5, 0.6) is 11.5 Å². The van der Waals surface area contributed by atoms with Crippen molar-refractivity contribution in [2.75, 3.05) is 37.9 Å². The summed E-state index contributed by atoms with van der Waals surface area (Å²) in [7, 11) is 4.58. The molecule has 1 aliphatic heterocycles. The summed E-state index contributed by atoms with van der Waals surface area (Å²) in [6, 6.07) is 2.91. The first-order valence-electron chi connectivity index (χ1n) is 8.56. The number of hydrogen-bond acceptors (Lipinski definition) is 7. The van der Waals surface area contributed by atoms with Crippen molar-refractivity contribution in [3.63, 3.8) is 0 Å². The minimum absolute atomic E-state index is 0.132. The van der Waals surface area contributed by atoms with Crippen molar-refractivity contribution in [3.05, 3.63) is 12.1 Å². The maximum Gasteiger partial charge on any atom is 0.389 e. The SMILES string of the molecule is CNc1cc2c(cc1OC(C)=O)N(CCCC(F)(F)F)C(=O)C(NC)(NC)O2. The third-order valence-corrected chi connectivity index (χ3v) is 4.23. The molecule has 0 aromatic heterocycles. The van der Waals surface area contributed by atoms with E-state index >= 15 is 0 Å². The number of nitrogens with one attached hydrogen (secondary N) is 3. The van der Waals surface area contributed by atoms with Gasteiger partial charge in [0.05, 0.1) is 11.4 Å².